The molecule has 0 aliphatic heterocycles. The fourth-order valence-electron chi connectivity index (χ4n) is 1.55. The number of ether oxygens (including phenoxy) is 1. The summed E-state index contributed by atoms with van der Waals surface area (Å²) in [6, 6.07) is 6.49. The van der Waals surface area contributed by atoms with Gasteiger partial charge in [-0.3, -0.25) is 4.79 Å². The van der Waals surface area contributed by atoms with E-state index >= 15 is 0 Å². The van der Waals surface area contributed by atoms with Crippen LogP contribution >= 0.6 is 0 Å². The average Bonchev–Trinajstić information content (AvgIpc) is 2.35. The van der Waals surface area contributed by atoms with Crippen LogP contribution in [-0.4, -0.2) is 12.5 Å². The van der Waals surface area contributed by atoms with Crippen molar-refractivity contribution in [3.63, 3.8) is 0 Å². The molecule has 2 rings (SSSR count). The van der Waals surface area contributed by atoms with Crippen LogP contribution in [0.4, 0.5) is 0 Å². The highest BCUT2D eigenvalue weighted by molar-refractivity contribution is 5.96. The van der Waals surface area contributed by atoms with Crippen molar-refractivity contribution < 1.29 is 13.9 Å². The van der Waals surface area contributed by atoms with E-state index in [1.165, 1.54) is 6.07 Å². The molecule has 0 atom stereocenters. The van der Waals surface area contributed by atoms with Crippen molar-refractivity contribution in [1.29, 1.82) is 0 Å². The fourth-order valence-corrected chi connectivity index (χ4v) is 1.55. The first-order chi connectivity index (χ1) is 8.63. The Bertz CT molecular complexity index is 672. The van der Waals surface area contributed by atoms with Gasteiger partial charge in [0, 0.05) is 5.39 Å². The average molecular weight is 245 g/mol. The Morgan fingerprint density at radius 3 is 2.94 bits per heavy atom. The van der Waals surface area contributed by atoms with Gasteiger partial charge in [0.05, 0.1) is 0 Å². The summed E-state index contributed by atoms with van der Waals surface area (Å²) < 4.78 is 10.4. The summed E-state index contributed by atoms with van der Waals surface area (Å²) in [6.07, 6.45) is 1.58. The van der Waals surface area contributed by atoms with Crippen molar-refractivity contribution in [1.82, 2.24) is 0 Å². The predicted molar refractivity (Wildman–Crippen MR) is 66.7 cm³/mol. The zero-order valence-electron chi connectivity index (χ0n) is 9.51. The quantitative estimate of drug-likeness (QED) is 0.653. The second kappa shape index (κ2) is 4.75. The predicted octanol–water partition coefficient (Wildman–Crippen LogP) is 1.46. The van der Waals surface area contributed by atoms with Gasteiger partial charge in [-0.05, 0) is 12.1 Å². The molecule has 0 fully saturated rings. The number of rotatable bonds is 4. The smallest absolute Gasteiger partial charge is 0.349 e. The number of benzene rings is 1. The van der Waals surface area contributed by atoms with Crippen LogP contribution in [0.25, 0.3) is 11.0 Å². The van der Waals surface area contributed by atoms with Gasteiger partial charge < -0.3 is 14.9 Å². The van der Waals surface area contributed by atoms with E-state index in [9.17, 15) is 9.59 Å². The van der Waals surface area contributed by atoms with E-state index in [1.54, 1.807) is 24.3 Å². The minimum atomic E-state index is -0.817. The maximum atomic E-state index is 11.6. The molecule has 0 spiro atoms. The Balaban J connectivity index is 2.64. The summed E-state index contributed by atoms with van der Waals surface area (Å²) >= 11 is 0. The van der Waals surface area contributed by atoms with Gasteiger partial charge in [0.15, 0.2) is 11.3 Å². The van der Waals surface area contributed by atoms with Gasteiger partial charge in [0.25, 0.3) is 5.91 Å². The van der Waals surface area contributed by atoms with E-state index in [2.05, 4.69) is 6.58 Å². The summed E-state index contributed by atoms with van der Waals surface area (Å²) in [5, 5.41) is 0.574. The molecule has 0 aliphatic carbocycles. The normalized spacial score (nSPS) is 10.2. The SMILES string of the molecule is C=CCOc1cccc2cc(C(N)=O)c(=O)oc12. The van der Waals surface area contributed by atoms with Crippen molar-refractivity contribution in [2.24, 2.45) is 5.73 Å². The van der Waals surface area contributed by atoms with Gasteiger partial charge in [0.1, 0.15) is 12.2 Å². The lowest BCUT2D eigenvalue weighted by Gasteiger charge is -2.06. The molecule has 92 valence electrons. The molecule has 5 nitrogen and oxygen atoms in total. The highest BCUT2D eigenvalue weighted by Gasteiger charge is 2.12. The third-order valence-corrected chi connectivity index (χ3v) is 2.35. The van der Waals surface area contributed by atoms with Gasteiger partial charge in [-0.15, -0.1) is 0 Å². The second-order valence-corrected chi connectivity index (χ2v) is 3.59. The van der Waals surface area contributed by atoms with Crippen molar-refractivity contribution in [3.8, 4) is 5.75 Å². The van der Waals surface area contributed by atoms with Gasteiger partial charge in [-0.1, -0.05) is 24.8 Å². The Labute approximate surface area is 102 Å². The summed E-state index contributed by atoms with van der Waals surface area (Å²) in [4.78, 5) is 22.6. The lowest BCUT2D eigenvalue weighted by molar-refractivity contribution is 0.0997. The number of hydrogen-bond donors (Lipinski definition) is 1. The maximum Gasteiger partial charge on any atom is 0.349 e. The molecule has 0 saturated carbocycles. The van der Waals surface area contributed by atoms with Crippen LogP contribution in [0.5, 0.6) is 5.75 Å². The molecule has 0 bridgehead atoms. The third kappa shape index (κ3) is 2.10. The molecule has 2 aromatic rings. The van der Waals surface area contributed by atoms with Crippen molar-refractivity contribution in [3.05, 3.63) is 52.9 Å². The molecular formula is C13H11NO4. The van der Waals surface area contributed by atoms with Gasteiger partial charge in [0.2, 0.25) is 0 Å². The van der Waals surface area contributed by atoms with Crippen molar-refractivity contribution in [2.45, 2.75) is 0 Å². The monoisotopic (exact) mass is 245 g/mol. The highest BCUT2D eigenvalue weighted by Crippen LogP contribution is 2.24. The Morgan fingerprint density at radius 2 is 2.28 bits per heavy atom. The van der Waals surface area contributed by atoms with Crippen LogP contribution in [0.15, 0.2) is 46.1 Å². The molecule has 1 aromatic heterocycles. The van der Waals surface area contributed by atoms with E-state index in [0.29, 0.717) is 17.7 Å². The van der Waals surface area contributed by atoms with Crippen LogP contribution in [0, 0.1) is 0 Å². The summed E-state index contributed by atoms with van der Waals surface area (Å²) in [5.74, 6) is -0.399. The second-order valence-electron chi connectivity index (χ2n) is 3.59. The van der Waals surface area contributed by atoms with E-state index in [-0.39, 0.29) is 11.1 Å². The van der Waals surface area contributed by atoms with Crippen LogP contribution in [0.3, 0.4) is 0 Å². The molecule has 0 aliphatic rings. The first-order valence-corrected chi connectivity index (χ1v) is 5.24. The molecule has 1 amide bonds. The van der Waals surface area contributed by atoms with E-state index in [0.717, 1.165) is 0 Å². The number of fused-ring (bicyclic) bond motifs is 1. The Morgan fingerprint density at radius 1 is 1.50 bits per heavy atom. The Kier molecular flexibility index (Phi) is 3.14. The summed E-state index contributed by atoms with van der Waals surface area (Å²) in [7, 11) is 0. The Hall–Kier alpha value is -2.56. The number of para-hydroxylation sites is 1. The minimum Gasteiger partial charge on any atom is -0.486 e. The molecule has 0 radical (unpaired) electrons. The van der Waals surface area contributed by atoms with Crippen molar-refractivity contribution in [2.75, 3.05) is 6.61 Å². The number of carbonyl (C=O) groups excluding carboxylic acids is 1. The van der Waals surface area contributed by atoms with Gasteiger partial charge in [-0.2, -0.15) is 0 Å². The maximum absolute atomic E-state index is 11.6. The van der Waals surface area contributed by atoms with Gasteiger partial charge in [-0.25, -0.2) is 4.79 Å². The number of nitrogens with two attached hydrogens (primary N) is 1. The highest BCUT2D eigenvalue weighted by atomic mass is 16.5. The molecule has 1 heterocycles. The molecule has 2 N–H and O–H groups in total. The van der Waals surface area contributed by atoms with E-state index in [4.69, 9.17) is 14.9 Å². The van der Waals surface area contributed by atoms with E-state index < -0.39 is 11.5 Å². The number of primary amides is 1. The van der Waals surface area contributed by atoms with Crippen molar-refractivity contribution >= 4 is 16.9 Å². The lowest BCUT2D eigenvalue weighted by Crippen LogP contribution is -2.20. The zero-order chi connectivity index (χ0) is 13.1. The first-order valence-electron chi connectivity index (χ1n) is 5.24. The summed E-state index contributed by atoms with van der Waals surface area (Å²) in [6.45, 7) is 3.82. The first kappa shape index (κ1) is 11.9. The zero-order valence-corrected chi connectivity index (χ0v) is 9.51. The number of amides is 1. The molecule has 1 aromatic carbocycles. The third-order valence-electron chi connectivity index (χ3n) is 2.35. The van der Waals surface area contributed by atoms with Gasteiger partial charge >= 0.3 is 5.63 Å². The molecule has 5 heteroatoms. The topological polar surface area (TPSA) is 82.5 Å². The number of carbonyl (C=O) groups is 1. The molecule has 0 saturated heterocycles. The summed E-state index contributed by atoms with van der Waals surface area (Å²) in [5.41, 5.74) is 4.42. The van der Waals surface area contributed by atoms with E-state index in [1.807, 2.05) is 0 Å². The fraction of sp³-hybridized carbons (Fsp3) is 0.0769. The molecular weight excluding hydrogens is 234 g/mol. The number of hydrogen-bond acceptors (Lipinski definition) is 4. The van der Waals surface area contributed by atoms with Crippen LogP contribution in [0.2, 0.25) is 0 Å². The molecule has 18 heavy (non-hydrogen) atoms. The largest absolute Gasteiger partial charge is 0.486 e. The van der Waals surface area contributed by atoms with Crippen LogP contribution in [0.1, 0.15) is 10.4 Å². The van der Waals surface area contributed by atoms with Crippen LogP contribution < -0.4 is 16.1 Å². The minimum absolute atomic E-state index is 0.177. The standard InChI is InChI=1S/C13H11NO4/c1-2-6-17-10-5-3-4-8-7-9(12(14)15)13(16)18-11(8)10/h2-5,7H,1,6H2,(H2,14,15). The lowest BCUT2D eigenvalue weighted by atomic mass is 10.1. The molecule has 0 unspecified atom stereocenters. The van der Waals surface area contributed by atoms with Crippen LogP contribution in [-0.2, 0) is 0 Å².